The molecule has 9 nitrogen and oxygen atoms in total. The second-order valence-electron chi connectivity index (χ2n) is 6.13. The summed E-state index contributed by atoms with van der Waals surface area (Å²) in [5.41, 5.74) is 2.04. The third-order valence-corrected chi connectivity index (χ3v) is 4.80. The number of nitrogens with zero attached hydrogens (tertiary/aromatic N) is 2. The van der Waals surface area contributed by atoms with Gasteiger partial charge in [0.15, 0.2) is 5.82 Å². The molecule has 156 valence electrons. The number of amides is 2. The van der Waals surface area contributed by atoms with Crippen LogP contribution in [0.15, 0.2) is 47.6 Å². The largest absolute Gasteiger partial charge is 0.497 e. The highest BCUT2D eigenvalue weighted by atomic mass is 32.2. The van der Waals surface area contributed by atoms with Crippen LogP contribution in [0.2, 0.25) is 0 Å². The van der Waals surface area contributed by atoms with Crippen molar-refractivity contribution in [3.63, 3.8) is 0 Å². The molecule has 0 unspecified atom stereocenters. The van der Waals surface area contributed by atoms with Gasteiger partial charge in [-0.2, -0.15) is 0 Å². The van der Waals surface area contributed by atoms with E-state index in [9.17, 15) is 9.59 Å². The van der Waals surface area contributed by atoms with Crippen LogP contribution in [0.5, 0.6) is 11.5 Å². The number of anilines is 2. The van der Waals surface area contributed by atoms with Crippen LogP contribution in [0.1, 0.15) is 6.92 Å². The Hall–Kier alpha value is -3.53. The number of carbonyl (C=O) groups is 2. The van der Waals surface area contributed by atoms with E-state index in [2.05, 4.69) is 25.8 Å². The van der Waals surface area contributed by atoms with Crippen LogP contribution in [0, 0.1) is 0 Å². The number of benzene rings is 2. The third-order valence-electron chi connectivity index (χ3n) is 3.96. The van der Waals surface area contributed by atoms with E-state index in [-0.39, 0.29) is 17.6 Å². The predicted molar refractivity (Wildman–Crippen MR) is 115 cm³/mol. The molecule has 30 heavy (non-hydrogen) atoms. The maximum Gasteiger partial charge on any atom is 0.234 e. The molecule has 1 heterocycles. The van der Waals surface area contributed by atoms with Crippen LogP contribution in [0.4, 0.5) is 11.4 Å². The molecule has 3 aromatic rings. The zero-order valence-corrected chi connectivity index (χ0v) is 17.5. The molecular formula is C20H21N5O4S. The number of hydrogen-bond acceptors (Lipinski definition) is 7. The average Bonchev–Trinajstić information content (AvgIpc) is 3.21. The van der Waals surface area contributed by atoms with Crippen molar-refractivity contribution in [3.8, 4) is 22.9 Å². The Balaban J connectivity index is 1.59. The Morgan fingerprint density at radius 2 is 1.83 bits per heavy atom. The van der Waals surface area contributed by atoms with Gasteiger partial charge >= 0.3 is 0 Å². The van der Waals surface area contributed by atoms with Crippen molar-refractivity contribution in [1.82, 2.24) is 15.2 Å². The number of aromatic nitrogens is 3. The molecule has 3 N–H and O–H groups in total. The molecule has 0 fully saturated rings. The molecule has 2 aromatic carbocycles. The van der Waals surface area contributed by atoms with Crippen LogP contribution in [-0.2, 0) is 9.59 Å². The van der Waals surface area contributed by atoms with Gasteiger partial charge in [-0.05, 0) is 36.4 Å². The monoisotopic (exact) mass is 427 g/mol. The van der Waals surface area contributed by atoms with Gasteiger partial charge in [0, 0.05) is 24.2 Å². The first-order chi connectivity index (χ1) is 14.5. The Morgan fingerprint density at radius 3 is 2.50 bits per heavy atom. The molecule has 10 heteroatoms. The second-order valence-corrected chi connectivity index (χ2v) is 7.07. The van der Waals surface area contributed by atoms with Crippen molar-refractivity contribution in [1.29, 1.82) is 0 Å². The summed E-state index contributed by atoms with van der Waals surface area (Å²) in [4.78, 5) is 27.8. The summed E-state index contributed by atoms with van der Waals surface area (Å²) in [5.74, 6) is 1.49. The number of hydrogen-bond donors (Lipinski definition) is 3. The van der Waals surface area contributed by atoms with Crippen molar-refractivity contribution in [2.24, 2.45) is 0 Å². The molecule has 0 spiro atoms. The molecule has 0 radical (unpaired) electrons. The quantitative estimate of drug-likeness (QED) is 0.473. The van der Waals surface area contributed by atoms with E-state index < -0.39 is 0 Å². The van der Waals surface area contributed by atoms with Gasteiger partial charge in [-0.15, -0.1) is 5.10 Å². The van der Waals surface area contributed by atoms with Gasteiger partial charge in [0.1, 0.15) is 11.5 Å². The van der Waals surface area contributed by atoms with E-state index >= 15 is 0 Å². The fraction of sp³-hybridized carbons (Fsp3) is 0.200. The van der Waals surface area contributed by atoms with Crippen molar-refractivity contribution < 1.29 is 19.1 Å². The normalized spacial score (nSPS) is 10.4. The highest BCUT2D eigenvalue weighted by molar-refractivity contribution is 7.99. The van der Waals surface area contributed by atoms with Gasteiger partial charge < -0.3 is 20.1 Å². The minimum absolute atomic E-state index is 0.124. The number of aromatic amines is 1. The van der Waals surface area contributed by atoms with E-state index in [4.69, 9.17) is 9.47 Å². The molecule has 0 saturated heterocycles. The van der Waals surface area contributed by atoms with Gasteiger partial charge in [0.25, 0.3) is 0 Å². The molecule has 0 aliphatic heterocycles. The Bertz CT molecular complexity index is 1040. The molecule has 0 aliphatic carbocycles. The van der Waals surface area contributed by atoms with E-state index in [1.807, 2.05) is 12.1 Å². The van der Waals surface area contributed by atoms with Gasteiger partial charge in [-0.25, -0.2) is 4.98 Å². The number of thioether (sulfide) groups is 1. The summed E-state index contributed by atoms with van der Waals surface area (Å²) in [7, 11) is 3.08. The average molecular weight is 427 g/mol. The summed E-state index contributed by atoms with van der Waals surface area (Å²) in [5, 5.41) is 12.9. The lowest BCUT2D eigenvalue weighted by molar-refractivity contribution is -0.114. The lowest BCUT2D eigenvalue weighted by Crippen LogP contribution is -2.15. The van der Waals surface area contributed by atoms with Crippen molar-refractivity contribution in [3.05, 3.63) is 42.5 Å². The highest BCUT2D eigenvalue weighted by Gasteiger charge is 2.12. The van der Waals surface area contributed by atoms with Crippen molar-refractivity contribution in [2.45, 2.75) is 12.1 Å². The van der Waals surface area contributed by atoms with Gasteiger partial charge in [0.05, 0.1) is 25.7 Å². The van der Waals surface area contributed by atoms with E-state index in [0.717, 1.165) is 5.56 Å². The molecule has 1 aromatic heterocycles. The first-order valence-electron chi connectivity index (χ1n) is 8.93. The van der Waals surface area contributed by atoms with Crippen LogP contribution < -0.4 is 20.1 Å². The minimum atomic E-state index is -0.224. The standard InChI is InChI=1S/C20H21N5O4S/c1-12(26)21-14-6-4-13(5-7-14)19-23-20(25-24-19)30-11-18(27)22-16-10-15(28-2)8-9-17(16)29-3/h4-10H,11H2,1-3H3,(H,21,26)(H,22,27)(H,23,24,25). The Kier molecular flexibility index (Phi) is 6.91. The van der Waals surface area contributed by atoms with Gasteiger partial charge in [-0.3, -0.25) is 14.7 Å². The lowest BCUT2D eigenvalue weighted by Gasteiger charge is -2.11. The molecule has 0 atom stereocenters. The fourth-order valence-corrected chi connectivity index (χ4v) is 3.18. The molecular weight excluding hydrogens is 406 g/mol. The number of H-pyrrole nitrogens is 1. The third kappa shape index (κ3) is 5.51. The lowest BCUT2D eigenvalue weighted by atomic mass is 10.2. The smallest absolute Gasteiger partial charge is 0.234 e. The zero-order valence-electron chi connectivity index (χ0n) is 16.7. The number of nitrogens with one attached hydrogen (secondary N) is 3. The predicted octanol–water partition coefficient (Wildman–Crippen LogP) is 3.18. The highest BCUT2D eigenvalue weighted by Crippen LogP contribution is 2.29. The summed E-state index contributed by atoms with van der Waals surface area (Å²) in [6.45, 7) is 1.45. The first kappa shape index (κ1) is 21.2. The molecule has 2 amide bonds. The fourth-order valence-electron chi connectivity index (χ4n) is 2.58. The van der Waals surface area contributed by atoms with E-state index in [0.29, 0.717) is 33.9 Å². The van der Waals surface area contributed by atoms with Gasteiger partial charge in [-0.1, -0.05) is 11.8 Å². The summed E-state index contributed by atoms with van der Waals surface area (Å²) in [6.07, 6.45) is 0. The Morgan fingerprint density at radius 1 is 1.07 bits per heavy atom. The number of methoxy groups -OCH3 is 2. The SMILES string of the molecule is COc1ccc(OC)c(NC(=O)CSc2n[nH]c(-c3ccc(NC(C)=O)cc3)n2)c1. The second kappa shape index (κ2) is 9.79. The van der Waals surface area contributed by atoms with Crippen LogP contribution >= 0.6 is 11.8 Å². The minimum Gasteiger partial charge on any atom is -0.497 e. The summed E-state index contributed by atoms with van der Waals surface area (Å²) < 4.78 is 10.4. The summed E-state index contributed by atoms with van der Waals surface area (Å²) >= 11 is 1.20. The maximum absolute atomic E-state index is 12.3. The van der Waals surface area contributed by atoms with Crippen LogP contribution in [0.3, 0.4) is 0 Å². The maximum atomic E-state index is 12.3. The van der Waals surface area contributed by atoms with E-state index in [1.54, 1.807) is 37.4 Å². The van der Waals surface area contributed by atoms with E-state index in [1.165, 1.54) is 25.8 Å². The number of carbonyl (C=O) groups excluding carboxylic acids is 2. The molecule has 3 rings (SSSR count). The number of ether oxygens (including phenoxy) is 2. The summed E-state index contributed by atoms with van der Waals surface area (Å²) in [6, 6.07) is 12.4. The van der Waals surface area contributed by atoms with Gasteiger partial charge in [0.2, 0.25) is 17.0 Å². The zero-order chi connectivity index (χ0) is 21.5. The Labute approximate surface area is 177 Å². The number of rotatable bonds is 8. The molecule has 0 saturated carbocycles. The first-order valence-corrected chi connectivity index (χ1v) is 9.92. The van der Waals surface area contributed by atoms with Crippen LogP contribution in [-0.4, -0.2) is 47.0 Å². The topological polar surface area (TPSA) is 118 Å². The van der Waals surface area contributed by atoms with Crippen LogP contribution in [0.25, 0.3) is 11.4 Å². The molecule has 0 bridgehead atoms. The molecule has 0 aliphatic rings. The van der Waals surface area contributed by atoms with Crippen molar-refractivity contribution in [2.75, 3.05) is 30.6 Å². The van der Waals surface area contributed by atoms with Crippen molar-refractivity contribution >= 4 is 35.0 Å².